The van der Waals surface area contributed by atoms with Gasteiger partial charge in [-0.15, -0.1) is 0 Å². The first kappa shape index (κ1) is 17.0. The summed E-state index contributed by atoms with van der Waals surface area (Å²) in [7, 11) is 0. The van der Waals surface area contributed by atoms with Gasteiger partial charge in [0.2, 0.25) is 0 Å². The van der Waals surface area contributed by atoms with Crippen molar-refractivity contribution < 1.29 is 4.74 Å². The maximum Gasteiger partial charge on any atom is 0.103 e. The van der Waals surface area contributed by atoms with Crippen LogP contribution in [-0.4, -0.2) is 33.5 Å². The van der Waals surface area contributed by atoms with E-state index in [0.29, 0.717) is 5.92 Å². The van der Waals surface area contributed by atoms with Gasteiger partial charge in [-0.1, -0.05) is 23.8 Å². The molecular formula is C20H25N5O. The Morgan fingerprint density at radius 3 is 3.04 bits per heavy atom. The second kappa shape index (κ2) is 7.85. The molecule has 0 aliphatic carbocycles. The molecular weight excluding hydrogens is 326 g/mol. The van der Waals surface area contributed by atoms with E-state index < -0.39 is 0 Å². The Morgan fingerprint density at radius 2 is 2.19 bits per heavy atom. The van der Waals surface area contributed by atoms with Crippen LogP contribution in [0.3, 0.4) is 0 Å². The minimum atomic E-state index is 0.0966. The van der Waals surface area contributed by atoms with Crippen LogP contribution in [0.1, 0.15) is 35.8 Å². The van der Waals surface area contributed by atoms with Gasteiger partial charge in [0.15, 0.2) is 0 Å². The van der Waals surface area contributed by atoms with Crippen molar-refractivity contribution in [2.24, 2.45) is 5.92 Å². The van der Waals surface area contributed by atoms with Crippen molar-refractivity contribution in [2.75, 3.05) is 13.2 Å². The van der Waals surface area contributed by atoms with Gasteiger partial charge in [-0.3, -0.25) is 10.2 Å². The van der Waals surface area contributed by atoms with E-state index in [1.165, 1.54) is 16.7 Å². The van der Waals surface area contributed by atoms with Gasteiger partial charge in [-0.05, 0) is 31.9 Å². The van der Waals surface area contributed by atoms with Crippen LogP contribution < -0.4 is 5.32 Å². The summed E-state index contributed by atoms with van der Waals surface area (Å²) >= 11 is 0. The molecule has 3 aromatic rings. The van der Waals surface area contributed by atoms with E-state index in [1.54, 1.807) is 6.20 Å². The fraction of sp³-hybridized carbons (Fsp3) is 0.400. The number of aromatic amines is 2. The van der Waals surface area contributed by atoms with Crippen LogP contribution in [0.5, 0.6) is 0 Å². The normalized spacial score (nSPS) is 20.3. The predicted octanol–water partition coefficient (Wildman–Crippen LogP) is 3.37. The van der Waals surface area contributed by atoms with Crippen molar-refractivity contribution in [3.05, 3.63) is 59.5 Å². The molecule has 1 aliphatic heterocycles. The monoisotopic (exact) mass is 351 g/mol. The largest absolute Gasteiger partial charge is 0.372 e. The number of hydrogen-bond donors (Lipinski definition) is 3. The first-order valence-electron chi connectivity index (χ1n) is 9.22. The third kappa shape index (κ3) is 3.71. The van der Waals surface area contributed by atoms with E-state index in [0.717, 1.165) is 43.9 Å². The Morgan fingerprint density at radius 1 is 1.23 bits per heavy atom. The molecule has 1 saturated heterocycles. The molecule has 1 aromatic carbocycles. The number of nitrogens with zero attached hydrogens (tertiary/aromatic N) is 2. The van der Waals surface area contributed by atoms with Gasteiger partial charge in [0.1, 0.15) is 6.10 Å². The van der Waals surface area contributed by atoms with Crippen LogP contribution in [0.25, 0.3) is 11.3 Å². The summed E-state index contributed by atoms with van der Waals surface area (Å²) < 4.78 is 6.00. The number of nitrogens with one attached hydrogen (secondary N) is 3. The summed E-state index contributed by atoms with van der Waals surface area (Å²) in [4.78, 5) is 0. The van der Waals surface area contributed by atoms with Crippen molar-refractivity contribution in [3.8, 4) is 11.3 Å². The van der Waals surface area contributed by atoms with Gasteiger partial charge >= 0.3 is 0 Å². The summed E-state index contributed by atoms with van der Waals surface area (Å²) in [6.45, 7) is 4.62. The van der Waals surface area contributed by atoms with Gasteiger partial charge in [0, 0.05) is 42.9 Å². The number of benzene rings is 1. The number of rotatable bonds is 6. The summed E-state index contributed by atoms with van der Waals surface area (Å²) in [5.74, 6) is 0.443. The van der Waals surface area contributed by atoms with E-state index in [4.69, 9.17) is 4.74 Å². The standard InChI is InChI=1S/C20H25N5O/c1-14-4-2-5-15(10-14)19-17(13-23-25-19)12-21-11-16-6-3-9-26-20(16)18-7-8-22-24-18/h2,4-5,7-8,10,13,16,20-21H,3,6,9,11-12H2,1H3,(H,22,24)(H,23,25)/t16-,20+/m0/s1. The minimum Gasteiger partial charge on any atom is -0.372 e. The lowest BCUT2D eigenvalue weighted by molar-refractivity contribution is -0.0303. The van der Waals surface area contributed by atoms with Crippen LogP contribution in [0.4, 0.5) is 0 Å². The molecule has 136 valence electrons. The van der Waals surface area contributed by atoms with Crippen LogP contribution in [0, 0.1) is 12.8 Å². The van der Waals surface area contributed by atoms with Crippen molar-refractivity contribution in [1.29, 1.82) is 0 Å². The lowest BCUT2D eigenvalue weighted by Gasteiger charge is -2.31. The summed E-state index contributed by atoms with van der Waals surface area (Å²) in [6, 6.07) is 10.5. The Labute approximate surface area is 153 Å². The fourth-order valence-corrected chi connectivity index (χ4v) is 3.71. The zero-order valence-corrected chi connectivity index (χ0v) is 15.0. The second-order valence-corrected chi connectivity index (χ2v) is 6.98. The molecule has 3 N–H and O–H groups in total. The van der Waals surface area contributed by atoms with Crippen LogP contribution >= 0.6 is 0 Å². The Kier molecular flexibility index (Phi) is 5.13. The molecule has 0 bridgehead atoms. The average Bonchev–Trinajstić information content (AvgIpc) is 3.34. The number of aryl methyl sites for hydroxylation is 1. The van der Waals surface area contributed by atoms with Crippen molar-refractivity contribution >= 4 is 0 Å². The van der Waals surface area contributed by atoms with E-state index in [9.17, 15) is 0 Å². The molecule has 1 fully saturated rings. The Bertz CT molecular complexity index is 826. The van der Waals surface area contributed by atoms with Gasteiger partial charge in [0.05, 0.1) is 17.6 Å². The topological polar surface area (TPSA) is 78.6 Å². The smallest absolute Gasteiger partial charge is 0.103 e. The number of aromatic nitrogens is 4. The maximum atomic E-state index is 6.00. The number of hydrogen-bond acceptors (Lipinski definition) is 4. The fourth-order valence-electron chi connectivity index (χ4n) is 3.71. The first-order valence-corrected chi connectivity index (χ1v) is 9.22. The van der Waals surface area contributed by atoms with Crippen LogP contribution in [0.2, 0.25) is 0 Å². The molecule has 0 saturated carbocycles. The third-order valence-corrected chi connectivity index (χ3v) is 5.02. The molecule has 0 unspecified atom stereocenters. The highest BCUT2D eigenvalue weighted by atomic mass is 16.5. The zero-order chi connectivity index (χ0) is 17.8. The third-order valence-electron chi connectivity index (χ3n) is 5.02. The molecule has 3 heterocycles. The second-order valence-electron chi connectivity index (χ2n) is 6.98. The van der Waals surface area contributed by atoms with Gasteiger partial charge in [-0.2, -0.15) is 10.2 Å². The van der Waals surface area contributed by atoms with E-state index in [1.807, 2.05) is 12.3 Å². The Balaban J connectivity index is 1.40. The maximum absolute atomic E-state index is 6.00. The molecule has 26 heavy (non-hydrogen) atoms. The van der Waals surface area contributed by atoms with E-state index in [-0.39, 0.29) is 6.10 Å². The summed E-state index contributed by atoms with van der Waals surface area (Å²) in [5, 5.41) is 18.1. The van der Waals surface area contributed by atoms with Crippen molar-refractivity contribution in [3.63, 3.8) is 0 Å². The summed E-state index contributed by atoms with van der Waals surface area (Å²) in [6.07, 6.45) is 6.06. The lowest BCUT2D eigenvalue weighted by atomic mass is 9.92. The number of ether oxygens (including phenoxy) is 1. The first-order chi connectivity index (χ1) is 12.8. The highest BCUT2D eigenvalue weighted by Gasteiger charge is 2.28. The highest BCUT2D eigenvalue weighted by molar-refractivity contribution is 5.63. The SMILES string of the molecule is Cc1cccc(-c2[nH]ncc2CNC[C@@H]2CCCO[C@H]2c2ccn[nH]2)c1. The molecule has 1 aliphatic rings. The summed E-state index contributed by atoms with van der Waals surface area (Å²) in [5.41, 5.74) is 5.77. The minimum absolute atomic E-state index is 0.0966. The molecule has 0 amide bonds. The van der Waals surface area contributed by atoms with Crippen LogP contribution in [0.15, 0.2) is 42.7 Å². The number of H-pyrrole nitrogens is 2. The Hall–Kier alpha value is -2.44. The lowest BCUT2D eigenvalue weighted by Crippen LogP contribution is -2.32. The van der Waals surface area contributed by atoms with E-state index >= 15 is 0 Å². The quantitative estimate of drug-likeness (QED) is 0.636. The van der Waals surface area contributed by atoms with Crippen molar-refractivity contribution in [2.45, 2.75) is 32.4 Å². The van der Waals surface area contributed by atoms with Crippen LogP contribution in [-0.2, 0) is 11.3 Å². The molecule has 6 heteroatoms. The van der Waals surface area contributed by atoms with Gasteiger partial charge in [0.25, 0.3) is 0 Å². The molecule has 0 spiro atoms. The molecule has 0 radical (unpaired) electrons. The van der Waals surface area contributed by atoms with Gasteiger partial charge < -0.3 is 10.1 Å². The zero-order valence-electron chi connectivity index (χ0n) is 15.0. The molecule has 4 rings (SSSR count). The van der Waals surface area contributed by atoms with E-state index in [2.05, 4.69) is 56.9 Å². The van der Waals surface area contributed by atoms with Gasteiger partial charge in [-0.25, -0.2) is 0 Å². The predicted molar refractivity (Wildman–Crippen MR) is 100 cm³/mol. The average molecular weight is 351 g/mol. The molecule has 6 nitrogen and oxygen atoms in total. The highest BCUT2D eigenvalue weighted by Crippen LogP contribution is 2.32. The molecule has 2 aromatic heterocycles. The van der Waals surface area contributed by atoms with Crippen molar-refractivity contribution in [1.82, 2.24) is 25.7 Å². The molecule has 2 atom stereocenters.